The first-order valence-electron chi connectivity index (χ1n) is 18.8. The molecule has 7 aliphatic rings. The fourth-order valence-electron chi connectivity index (χ4n) is 10.1. The standard InChI is InChI=1S/C36H59FN6O4/c1-40(2)13-7-6-11-38-32-27(37)19-25-33-35(32)47-31-20-24-23-9-4-5-10-29(23)46-30(24)21-28(31)43(33)22-26(34(25)44)36(45)39-12-8-14-42-17-15-41(3)16-18-42/h22-25,27-33,35,38H,4-21H2,1-3H3,(H,39,45). The Hall–Kier alpha value is -1.63. The van der Waals surface area contributed by atoms with Gasteiger partial charge in [0.1, 0.15) is 6.17 Å². The Kier molecular flexibility index (Phi) is 10.6. The number of likely N-dealkylation sites (N-methyl/N-ethyl adjacent to an activating group) is 1. The van der Waals surface area contributed by atoms with Gasteiger partial charge in [-0.2, -0.15) is 0 Å². The molecule has 10 nitrogen and oxygen atoms in total. The molecule has 4 heterocycles. The number of nitrogens with one attached hydrogen (secondary N) is 2. The number of ether oxygens (including phenoxy) is 2. The number of carbonyl (C=O) groups excluding carboxylic acids is 2. The number of ketones is 1. The molecular weight excluding hydrogens is 599 g/mol. The molecule has 11 atom stereocenters. The molecule has 0 spiro atoms. The van der Waals surface area contributed by atoms with Gasteiger partial charge in [-0.1, -0.05) is 12.8 Å². The highest BCUT2D eigenvalue weighted by molar-refractivity contribution is 6.20. The molecule has 0 aromatic heterocycles. The number of hydrogen-bond donors (Lipinski definition) is 2. The molecule has 3 saturated heterocycles. The van der Waals surface area contributed by atoms with Crippen LogP contribution in [-0.4, -0.2) is 154 Å². The normalized spacial score (nSPS) is 40.4. The fourth-order valence-corrected chi connectivity index (χ4v) is 10.1. The second kappa shape index (κ2) is 14.7. The van der Waals surface area contributed by atoms with Crippen LogP contribution in [0.3, 0.4) is 0 Å². The molecule has 47 heavy (non-hydrogen) atoms. The minimum absolute atomic E-state index is 0.0187. The van der Waals surface area contributed by atoms with E-state index in [1.165, 1.54) is 19.3 Å². The van der Waals surface area contributed by atoms with Gasteiger partial charge in [-0.15, -0.1) is 0 Å². The van der Waals surface area contributed by atoms with Gasteiger partial charge in [-0.3, -0.25) is 9.59 Å². The predicted molar refractivity (Wildman–Crippen MR) is 179 cm³/mol. The van der Waals surface area contributed by atoms with Crippen LogP contribution in [0.2, 0.25) is 0 Å². The summed E-state index contributed by atoms with van der Waals surface area (Å²) in [5.74, 6) is -0.0860. The maximum Gasteiger partial charge on any atom is 0.256 e. The van der Waals surface area contributed by atoms with E-state index < -0.39 is 24.2 Å². The summed E-state index contributed by atoms with van der Waals surface area (Å²) < 4.78 is 29.9. The number of piperazine rings is 1. The molecule has 0 radical (unpaired) electrons. The number of hydrogen-bond acceptors (Lipinski definition) is 9. The minimum Gasteiger partial charge on any atom is -0.374 e. The number of amides is 1. The van der Waals surface area contributed by atoms with Crippen molar-refractivity contribution in [2.45, 2.75) is 113 Å². The number of alkyl halides is 1. The van der Waals surface area contributed by atoms with E-state index in [4.69, 9.17) is 9.47 Å². The quantitative estimate of drug-likeness (QED) is 0.256. The second-order valence-corrected chi connectivity index (χ2v) is 16.0. The Morgan fingerprint density at radius 2 is 1.77 bits per heavy atom. The van der Waals surface area contributed by atoms with E-state index in [9.17, 15) is 9.59 Å². The van der Waals surface area contributed by atoms with Crippen molar-refractivity contribution in [1.29, 1.82) is 0 Å². The van der Waals surface area contributed by atoms with Crippen molar-refractivity contribution in [2.75, 3.05) is 73.5 Å². The number of morpholine rings is 1. The highest BCUT2D eigenvalue weighted by Crippen LogP contribution is 2.52. The Labute approximate surface area is 281 Å². The van der Waals surface area contributed by atoms with Crippen LogP contribution < -0.4 is 10.6 Å². The van der Waals surface area contributed by atoms with E-state index in [0.717, 1.165) is 84.3 Å². The van der Waals surface area contributed by atoms with Crippen LogP contribution in [0.25, 0.3) is 0 Å². The largest absolute Gasteiger partial charge is 0.374 e. The highest BCUT2D eigenvalue weighted by atomic mass is 19.1. The van der Waals surface area contributed by atoms with E-state index in [1.807, 2.05) is 6.20 Å². The van der Waals surface area contributed by atoms with Crippen molar-refractivity contribution in [1.82, 2.24) is 30.2 Å². The summed E-state index contributed by atoms with van der Waals surface area (Å²) in [5, 5.41) is 6.60. The van der Waals surface area contributed by atoms with Crippen molar-refractivity contribution in [3.05, 3.63) is 11.8 Å². The van der Waals surface area contributed by atoms with Crippen molar-refractivity contribution in [3.8, 4) is 0 Å². The third kappa shape index (κ3) is 7.04. The SMILES string of the molecule is CN(C)CCCCNC1C(F)CC2C(=O)C(C(=O)NCCCN3CCN(C)CC3)=CN3C4CC5OC6CCCCC6C5CC4OC1C23. The molecule has 6 fully saturated rings. The van der Waals surface area contributed by atoms with Gasteiger partial charge in [0.25, 0.3) is 5.91 Å². The van der Waals surface area contributed by atoms with Crippen molar-refractivity contribution in [2.24, 2.45) is 17.8 Å². The van der Waals surface area contributed by atoms with Gasteiger partial charge in [0, 0.05) is 44.8 Å². The van der Waals surface area contributed by atoms with Crippen molar-refractivity contribution < 1.29 is 23.5 Å². The third-order valence-electron chi connectivity index (χ3n) is 12.6. The van der Waals surface area contributed by atoms with E-state index in [2.05, 4.69) is 51.4 Å². The first-order valence-corrected chi connectivity index (χ1v) is 18.8. The number of unbranched alkanes of at least 4 members (excludes halogenated alkanes) is 1. The molecule has 7 rings (SSSR count). The van der Waals surface area contributed by atoms with Gasteiger partial charge >= 0.3 is 0 Å². The molecule has 11 heteroatoms. The zero-order chi connectivity index (χ0) is 32.7. The predicted octanol–water partition coefficient (Wildman–Crippen LogP) is 2.04. The van der Waals surface area contributed by atoms with Gasteiger partial charge in [-0.05, 0) is 104 Å². The van der Waals surface area contributed by atoms with Crippen molar-refractivity contribution in [3.63, 3.8) is 0 Å². The first kappa shape index (κ1) is 33.8. The summed E-state index contributed by atoms with van der Waals surface area (Å²) in [7, 11) is 6.30. The molecule has 3 saturated carbocycles. The lowest BCUT2D eigenvalue weighted by Crippen LogP contribution is -2.73. The molecule has 2 N–H and O–H groups in total. The molecule has 1 amide bonds. The molecule has 4 aliphatic heterocycles. The topological polar surface area (TPSA) is 89.6 Å². The number of nitrogens with zero attached hydrogens (tertiary/aromatic N) is 4. The van der Waals surface area contributed by atoms with E-state index in [1.54, 1.807) is 0 Å². The van der Waals surface area contributed by atoms with Crippen LogP contribution in [0.4, 0.5) is 4.39 Å². The van der Waals surface area contributed by atoms with Gasteiger partial charge in [0.15, 0.2) is 5.78 Å². The maximum absolute atomic E-state index is 16.2. The molecule has 0 aromatic rings. The molecule has 264 valence electrons. The van der Waals surface area contributed by atoms with Crippen LogP contribution in [0, 0.1) is 17.8 Å². The summed E-state index contributed by atoms with van der Waals surface area (Å²) >= 11 is 0. The van der Waals surface area contributed by atoms with E-state index in [0.29, 0.717) is 24.5 Å². The van der Waals surface area contributed by atoms with E-state index >= 15 is 4.39 Å². The fraction of sp³-hybridized carbons (Fsp3) is 0.889. The van der Waals surface area contributed by atoms with Crippen LogP contribution in [0.5, 0.6) is 0 Å². The molecular formula is C36H59FN6O4. The van der Waals surface area contributed by atoms with Crippen molar-refractivity contribution >= 4 is 11.7 Å². The molecule has 0 aromatic carbocycles. The third-order valence-corrected chi connectivity index (χ3v) is 12.6. The zero-order valence-electron chi connectivity index (χ0n) is 29.0. The monoisotopic (exact) mass is 658 g/mol. The number of halogens is 1. The lowest BCUT2D eigenvalue weighted by atomic mass is 9.67. The Bertz CT molecular complexity index is 1150. The molecule has 11 unspecified atom stereocenters. The second-order valence-electron chi connectivity index (χ2n) is 16.0. The average Bonchev–Trinajstić information content (AvgIpc) is 3.42. The summed E-state index contributed by atoms with van der Waals surface area (Å²) in [6.45, 7) is 7.39. The van der Waals surface area contributed by atoms with Gasteiger partial charge in [0.05, 0.1) is 48.1 Å². The summed E-state index contributed by atoms with van der Waals surface area (Å²) in [6.07, 6.45) is 10.2. The molecule has 0 bridgehead atoms. The number of fused-ring (bicyclic) bond motifs is 5. The smallest absolute Gasteiger partial charge is 0.256 e. The van der Waals surface area contributed by atoms with E-state index in [-0.39, 0.29) is 48.0 Å². The van der Waals surface area contributed by atoms with Crippen LogP contribution >= 0.6 is 0 Å². The number of rotatable bonds is 11. The number of Topliss-reactive ketones (excluding diaryl/α,β-unsaturated/α-hetero) is 1. The van der Waals surface area contributed by atoms with Crippen LogP contribution in [0.15, 0.2) is 11.8 Å². The zero-order valence-corrected chi connectivity index (χ0v) is 29.0. The Morgan fingerprint density at radius 3 is 2.57 bits per heavy atom. The summed E-state index contributed by atoms with van der Waals surface area (Å²) in [6, 6.07) is -0.723. The lowest BCUT2D eigenvalue weighted by molar-refractivity contribution is -0.209. The van der Waals surface area contributed by atoms with Crippen LogP contribution in [0.1, 0.15) is 64.2 Å². The van der Waals surface area contributed by atoms with Gasteiger partial charge in [0.2, 0.25) is 0 Å². The maximum atomic E-state index is 16.2. The first-order chi connectivity index (χ1) is 22.8. The van der Waals surface area contributed by atoms with Gasteiger partial charge < -0.3 is 39.7 Å². The number of carbonyl (C=O) groups is 2. The summed E-state index contributed by atoms with van der Waals surface area (Å²) in [5.41, 5.74) is 0.190. The highest BCUT2D eigenvalue weighted by Gasteiger charge is 2.61. The van der Waals surface area contributed by atoms with Crippen LogP contribution in [-0.2, 0) is 19.1 Å². The summed E-state index contributed by atoms with van der Waals surface area (Å²) in [4.78, 5) is 36.9. The molecule has 3 aliphatic carbocycles. The Morgan fingerprint density at radius 1 is 0.957 bits per heavy atom. The Balaban J connectivity index is 1.08. The van der Waals surface area contributed by atoms with Gasteiger partial charge in [-0.25, -0.2) is 4.39 Å². The minimum atomic E-state index is -1.21. The lowest BCUT2D eigenvalue weighted by Gasteiger charge is -2.60. The average molecular weight is 659 g/mol.